The fourth-order valence-corrected chi connectivity index (χ4v) is 4.20. The second-order valence-electron chi connectivity index (χ2n) is 7.40. The monoisotopic (exact) mass is 423 g/mol. The van der Waals surface area contributed by atoms with Crippen LogP contribution in [0.3, 0.4) is 0 Å². The highest BCUT2D eigenvalue weighted by Crippen LogP contribution is 2.23. The fraction of sp³-hybridized carbons (Fsp3) is 0.650. The van der Waals surface area contributed by atoms with Crippen LogP contribution in [0.15, 0.2) is 28.7 Å². The van der Waals surface area contributed by atoms with E-state index in [1.165, 1.54) is 25.8 Å². The average molecular weight is 424 g/mol. The summed E-state index contributed by atoms with van der Waals surface area (Å²) in [6, 6.07) is 7.66. The van der Waals surface area contributed by atoms with Crippen LogP contribution in [-0.2, 0) is 9.53 Å². The summed E-state index contributed by atoms with van der Waals surface area (Å²) in [5, 5.41) is 3.03. The van der Waals surface area contributed by atoms with Crippen LogP contribution in [0.4, 0.5) is 5.69 Å². The second kappa shape index (κ2) is 9.83. The van der Waals surface area contributed by atoms with E-state index in [0.717, 1.165) is 55.5 Å². The van der Waals surface area contributed by atoms with Crippen molar-refractivity contribution >= 4 is 27.5 Å². The number of benzene rings is 1. The molecule has 1 unspecified atom stereocenters. The summed E-state index contributed by atoms with van der Waals surface area (Å²) in [6.45, 7) is 9.14. The molecule has 0 aromatic heterocycles. The summed E-state index contributed by atoms with van der Waals surface area (Å²) in [5.41, 5.74) is 0.844. The van der Waals surface area contributed by atoms with Crippen molar-refractivity contribution in [2.75, 3.05) is 51.3 Å². The first kappa shape index (κ1) is 19.8. The standard InChI is InChI=1S/C20H30BrN3O2/c1-16(20(25)22-19-4-2-3-18(21)15-19)24-9-6-17(7-10-24)5-8-23-11-13-26-14-12-23/h2-4,15-17H,5-14H2,1H3,(H,22,25). The first-order chi connectivity index (χ1) is 12.6. The minimum atomic E-state index is -0.0887. The molecule has 3 rings (SSSR count). The van der Waals surface area contributed by atoms with Gasteiger partial charge in [0.05, 0.1) is 19.3 Å². The summed E-state index contributed by atoms with van der Waals surface area (Å²) < 4.78 is 6.39. The van der Waals surface area contributed by atoms with Crippen molar-refractivity contribution in [3.63, 3.8) is 0 Å². The maximum absolute atomic E-state index is 12.6. The third kappa shape index (κ3) is 5.78. The number of piperidine rings is 1. The van der Waals surface area contributed by atoms with Gasteiger partial charge in [-0.3, -0.25) is 14.6 Å². The predicted octanol–water partition coefficient (Wildman–Crippen LogP) is 3.21. The van der Waals surface area contributed by atoms with Crippen molar-refractivity contribution in [3.05, 3.63) is 28.7 Å². The van der Waals surface area contributed by atoms with Gasteiger partial charge in [0.2, 0.25) is 5.91 Å². The second-order valence-corrected chi connectivity index (χ2v) is 8.31. The molecule has 5 nitrogen and oxygen atoms in total. The number of rotatable bonds is 6. The Labute approximate surface area is 165 Å². The van der Waals surface area contributed by atoms with E-state index in [2.05, 4.69) is 31.0 Å². The number of anilines is 1. The molecule has 0 radical (unpaired) electrons. The number of morpholine rings is 1. The van der Waals surface area contributed by atoms with E-state index in [-0.39, 0.29) is 11.9 Å². The molecule has 2 heterocycles. The van der Waals surface area contributed by atoms with Crippen LogP contribution in [0.5, 0.6) is 0 Å². The van der Waals surface area contributed by atoms with Gasteiger partial charge in [-0.1, -0.05) is 22.0 Å². The Hall–Kier alpha value is -0.950. The Morgan fingerprint density at radius 2 is 2.00 bits per heavy atom. The molecular weight excluding hydrogens is 394 g/mol. The topological polar surface area (TPSA) is 44.8 Å². The third-order valence-corrected chi connectivity index (χ3v) is 6.12. The Morgan fingerprint density at radius 3 is 2.69 bits per heavy atom. The summed E-state index contributed by atoms with van der Waals surface area (Å²) in [7, 11) is 0. The number of halogens is 1. The molecule has 0 saturated carbocycles. The number of carbonyl (C=O) groups is 1. The summed E-state index contributed by atoms with van der Waals surface area (Å²) in [6.07, 6.45) is 3.66. The van der Waals surface area contributed by atoms with Crippen molar-refractivity contribution in [2.24, 2.45) is 5.92 Å². The molecule has 144 valence electrons. The zero-order valence-electron chi connectivity index (χ0n) is 15.6. The number of nitrogens with one attached hydrogen (secondary N) is 1. The number of carbonyl (C=O) groups excluding carboxylic acids is 1. The largest absolute Gasteiger partial charge is 0.379 e. The molecule has 0 spiro atoms. The number of ether oxygens (including phenoxy) is 1. The van der Waals surface area contributed by atoms with E-state index in [0.29, 0.717) is 0 Å². The molecule has 1 N–H and O–H groups in total. The molecule has 2 fully saturated rings. The van der Waals surface area contributed by atoms with Crippen LogP contribution in [-0.4, -0.2) is 67.7 Å². The maximum atomic E-state index is 12.6. The lowest BCUT2D eigenvalue weighted by molar-refractivity contribution is -0.121. The lowest BCUT2D eigenvalue weighted by Crippen LogP contribution is -2.46. The minimum absolute atomic E-state index is 0.0786. The highest BCUT2D eigenvalue weighted by Gasteiger charge is 2.27. The van der Waals surface area contributed by atoms with Gasteiger partial charge >= 0.3 is 0 Å². The normalized spacial score (nSPS) is 21.5. The van der Waals surface area contributed by atoms with Gasteiger partial charge in [0.15, 0.2) is 0 Å². The van der Waals surface area contributed by atoms with Gasteiger partial charge in [-0.2, -0.15) is 0 Å². The van der Waals surface area contributed by atoms with E-state index in [1.54, 1.807) is 0 Å². The summed E-state index contributed by atoms with van der Waals surface area (Å²) in [4.78, 5) is 17.4. The first-order valence-corrected chi connectivity index (χ1v) is 10.5. The Balaban J connectivity index is 1.39. The van der Waals surface area contributed by atoms with Gasteiger partial charge in [0.1, 0.15) is 0 Å². The smallest absolute Gasteiger partial charge is 0.241 e. The van der Waals surface area contributed by atoms with Crippen molar-refractivity contribution in [3.8, 4) is 0 Å². The van der Waals surface area contributed by atoms with Crippen LogP contribution < -0.4 is 5.32 Å². The number of hydrogen-bond donors (Lipinski definition) is 1. The van der Waals surface area contributed by atoms with Crippen LogP contribution in [0.25, 0.3) is 0 Å². The van der Waals surface area contributed by atoms with Gasteiger partial charge in [0, 0.05) is 23.2 Å². The summed E-state index contributed by atoms with van der Waals surface area (Å²) in [5.74, 6) is 0.865. The number of hydrogen-bond acceptors (Lipinski definition) is 4. The van der Waals surface area contributed by atoms with E-state index in [1.807, 2.05) is 31.2 Å². The molecule has 2 aliphatic heterocycles. The molecule has 2 saturated heterocycles. The van der Waals surface area contributed by atoms with Gasteiger partial charge in [0.25, 0.3) is 0 Å². The predicted molar refractivity (Wildman–Crippen MR) is 108 cm³/mol. The van der Waals surface area contributed by atoms with E-state index in [9.17, 15) is 4.79 Å². The van der Waals surface area contributed by atoms with E-state index < -0.39 is 0 Å². The quantitative estimate of drug-likeness (QED) is 0.762. The number of nitrogens with zero attached hydrogens (tertiary/aromatic N) is 2. The maximum Gasteiger partial charge on any atom is 0.241 e. The first-order valence-electron chi connectivity index (χ1n) is 9.72. The molecule has 2 aliphatic rings. The zero-order valence-corrected chi connectivity index (χ0v) is 17.2. The molecule has 26 heavy (non-hydrogen) atoms. The molecule has 1 amide bonds. The highest BCUT2D eigenvalue weighted by atomic mass is 79.9. The SMILES string of the molecule is CC(C(=O)Nc1cccc(Br)c1)N1CCC(CCN2CCOCC2)CC1. The van der Waals surface area contributed by atoms with Gasteiger partial charge in [-0.25, -0.2) is 0 Å². The lowest BCUT2D eigenvalue weighted by Gasteiger charge is -2.36. The Bertz CT molecular complexity index is 584. The van der Waals surface area contributed by atoms with Gasteiger partial charge in [-0.15, -0.1) is 0 Å². The minimum Gasteiger partial charge on any atom is -0.379 e. The molecular formula is C20H30BrN3O2. The summed E-state index contributed by atoms with van der Waals surface area (Å²) >= 11 is 3.44. The number of amides is 1. The molecule has 6 heteroatoms. The van der Waals surface area contributed by atoms with Gasteiger partial charge < -0.3 is 10.1 Å². The molecule has 1 aromatic rings. The van der Waals surface area contributed by atoms with E-state index in [4.69, 9.17) is 4.74 Å². The third-order valence-electron chi connectivity index (χ3n) is 5.63. The molecule has 1 atom stereocenters. The molecule has 1 aromatic carbocycles. The van der Waals surface area contributed by atoms with Crippen molar-refractivity contribution < 1.29 is 9.53 Å². The average Bonchev–Trinajstić information content (AvgIpc) is 2.67. The Morgan fingerprint density at radius 1 is 1.27 bits per heavy atom. The van der Waals surface area contributed by atoms with Crippen LogP contribution in [0.2, 0.25) is 0 Å². The molecule has 0 bridgehead atoms. The van der Waals surface area contributed by atoms with E-state index >= 15 is 0 Å². The van der Waals surface area contributed by atoms with Crippen LogP contribution in [0.1, 0.15) is 26.2 Å². The van der Waals surface area contributed by atoms with Crippen LogP contribution >= 0.6 is 15.9 Å². The zero-order chi connectivity index (χ0) is 18.4. The van der Waals surface area contributed by atoms with Crippen molar-refractivity contribution in [2.45, 2.75) is 32.2 Å². The van der Waals surface area contributed by atoms with Gasteiger partial charge in [-0.05, 0) is 69.9 Å². The number of likely N-dealkylation sites (tertiary alicyclic amines) is 1. The Kier molecular flexibility index (Phi) is 7.49. The fourth-order valence-electron chi connectivity index (χ4n) is 3.80. The van der Waals surface area contributed by atoms with Crippen LogP contribution in [0, 0.1) is 5.92 Å². The molecule has 0 aliphatic carbocycles. The van der Waals surface area contributed by atoms with Crippen molar-refractivity contribution in [1.29, 1.82) is 0 Å². The highest BCUT2D eigenvalue weighted by molar-refractivity contribution is 9.10. The lowest BCUT2D eigenvalue weighted by atomic mass is 9.92. The van der Waals surface area contributed by atoms with Crippen molar-refractivity contribution in [1.82, 2.24) is 9.80 Å².